The fourth-order valence-electron chi connectivity index (χ4n) is 4.31. The second-order valence-electron chi connectivity index (χ2n) is 8.17. The average Bonchev–Trinajstić information content (AvgIpc) is 2.90. The van der Waals surface area contributed by atoms with Gasteiger partial charge in [0, 0.05) is 13.1 Å². The SMILES string of the molecule is C=C/C=C(CNCC1CCC(CNCc2ccccc2C)CC1)\C(=C/C)CC.CC.CC.CC. The lowest BCUT2D eigenvalue weighted by Gasteiger charge is -2.29. The minimum atomic E-state index is 0.827. The molecule has 0 aromatic heterocycles. The summed E-state index contributed by atoms with van der Waals surface area (Å²) in [5.41, 5.74) is 5.63. The van der Waals surface area contributed by atoms with Crippen LogP contribution in [0.25, 0.3) is 0 Å². The molecule has 1 saturated carbocycles. The van der Waals surface area contributed by atoms with Crippen molar-refractivity contribution in [1.29, 1.82) is 0 Å². The van der Waals surface area contributed by atoms with E-state index in [1.54, 1.807) is 0 Å². The van der Waals surface area contributed by atoms with Crippen LogP contribution < -0.4 is 10.6 Å². The zero-order valence-corrected chi connectivity index (χ0v) is 24.3. The van der Waals surface area contributed by atoms with Gasteiger partial charge in [-0.05, 0) is 93.2 Å². The van der Waals surface area contributed by atoms with Gasteiger partial charge in [-0.2, -0.15) is 0 Å². The summed E-state index contributed by atoms with van der Waals surface area (Å²) in [6.45, 7) is 26.7. The third kappa shape index (κ3) is 14.6. The first-order chi connectivity index (χ1) is 16.7. The first-order valence-corrected chi connectivity index (χ1v) is 14.1. The van der Waals surface area contributed by atoms with Gasteiger partial charge in [0.2, 0.25) is 0 Å². The molecule has 0 atom stereocenters. The van der Waals surface area contributed by atoms with E-state index >= 15 is 0 Å². The number of hydrogen-bond acceptors (Lipinski definition) is 2. The Morgan fingerprint density at radius 1 is 0.882 bits per heavy atom. The van der Waals surface area contributed by atoms with Crippen molar-refractivity contribution in [2.75, 3.05) is 19.6 Å². The van der Waals surface area contributed by atoms with Gasteiger partial charge in [0.25, 0.3) is 0 Å². The van der Waals surface area contributed by atoms with E-state index in [1.165, 1.54) is 48.0 Å². The van der Waals surface area contributed by atoms with Crippen LogP contribution in [0.4, 0.5) is 0 Å². The maximum atomic E-state index is 3.87. The van der Waals surface area contributed by atoms with Crippen molar-refractivity contribution in [2.45, 2.75) is 101 Å². The van der Waals surface area contributed by atoms with Crippen molar-refractivity contribution in [1.82, 2.24) is 10.6 Å². The molecule has 0 radical (unpaired) electrons. The molecule has 0 bridgehead atoms. The van der Waals surface area contributed by atoms with E-state index < -0.39 is 0 Å². The van der Waals surface area contributed by atoms with Gasteiger partial charge in [-0.1, -0.05) is 97.5 Å². The van der Waals surface area contributed by atoms with Gasteiger partial charge in [-0.25, -0.2) is 0 Å². The Hall–Kier alpha value is -1.64. The molecular weight excluding hydrogens is 412 g/mol. The van der Waals surface area contributed by atoms with Crippen molar-refractivity contribution in [2.24, 2.45) is 11.8 Å². The van der Waals surface area contributed by atoms with E-state index in [-0.39, 0.29) is 0 Å². The highest BCUT2D eigenvalue weighted by Gasteiger charge is 2.20. The molecule has 1 fully saturated rings. The molecule has 0 aliphatic heterocycles. The Bertz CT molecular complexity index is 649. The first-order valence-electron chi connectivity index (χ1n) is 14.1. The Labute approximate surface area is 214 Å². The van der Waals surface area contributed by atoms with Gasteiger partial charge in [0.1, 0.15) is 0 Å². The molecule has 2 N–H and O–H groups in total. The normalized spacial score (nSPS) is 17.8. The van der Waals surface area contributed by atoms with Gasteiger partial charge < -0.3 is 10.6 Å². The monoisotopic (exact) mass is 470 g/mol. The predicted octanol–water partition coefficient (Wildman–Crippen LogP) is 9.03. The van der Waals surface area contributed by atoms with Crippen LogP contribution >= 0.6 is 0 Å². The topological polar surface area (TPSA) is 24.1 Å². The number of nitrogens with one attached hydrogen (secondary N) is 2. The van der Waals surface area contributed by atoms with Crippen molar-refractivity contribution in [3.63, 3.8) is 0 Å². The molecular formula is C32H58N2. The third-order valence-corrected chi connectivity index (χ3v) is 6.19. The third-order valence-electron chi connectivity index (χ3n) is 6.19. The minimum absolute atomic E-state index is 0.827. The van der Waals surface area contributed by atoms with Gasteiger partial charge in [-0.15, -0.1) is 0 Å². The molecule has 34 heavy (non-hydrogen) atoms. The summed E-state index contributed by atoms with van der Waals surface area (Å²) in [4.78, 5) is 0. The van der Waals surface area contributed by atoms with Crippen LogP contribution in [0.1, 0.15) is 98.6 Å². The second kappa shape index (κ2) is 24.5. The molecule has 1 aromatic carbocycles. The molecule has 196 valence electrons. The van der Waals surface area contributed by atoms with Gasteiger partial charge >= 0.3 is 0 Å². The van der Waals surface area contributed by atoms with Crippen molar-refractivity contribution >= 4 is 0 Å². The summed E-state index contributed by atoms with van der Waals surface area (Å²) in [6, 6.07) is 8.69. The highest BCUT2D eigenvalue weighted by Crippen LogP contribution is 2.28. The Kier molecular flexibility index (Phi) is 24.9. The maximum absolute atomic E-state index is 3.87. The Morgan fingerprint density at radius 3 is 1.88 bits per heavy atom. The zero-order valence-electron chi connectivity index (χ0n) is 24.3. The second-order valence-corrected chi connectivity index (χ2v) is 8.17. The van der Waals surface area contributed by atoms with Crippen molar-refractivity contribution in [3.8, 4) is 0 Å². The zero-order chi connectivity index (χ0) is 26.2. The van der Waals surface area contributed by atoms with Gasteiger partial charge in [0.05, 0.1) is 0 Å². The summed E-state index contributed by atoms with van der Waals surface area (Å²) in [5.74, 6) is 1.67. The lowest BCUT2D eigenvalue weighted by atomic mass is 9.82. The standard InChI is InChI=1S/C26H40N2.3C2H6/c1-5-10-26(24(6-2)7-3)20-28-18-23-15-13-22(14-16-23)17-27-19-25-12-9-8-11-21(25)4;3*1-2/h5-6,8-12,22-23,27-28H,1,7,13-20H2,2-4H3;3*1-2H3/b24-6-,26-10-;;;. The number of rotatable bonds is 11. The van der Waals surface area contributed by atoms with E-state index in [0.717, 1.165) is 44.4 Å². The summed E-state index contributed by atoms with van der Waals surface area (Å²) < 4.78 is 0. The van der Waals surface area contributed by atoms with E-state index in [2.05, 4.69) is 74.4 Å². The van der Waals surface area contributed by atoms with Crippen LogP contribution in [0.3, 0.4) is 0 Å². The van der Waals surface area contributed by atoms with Crippen LogP contribution in [-0.2, 0) is 6.54 Å². The summed E-state index contributed by atoms with van der Waals surface area (Å²) in [7, 11) is 0. The summed E-state index contributed by atoms with van der Waals surface area (Å²) in [6.07, 6.45) is 12.8. The molecule has 1 aromatic rings. The lowest BCUT2D eigenvalue weighted by molar-refractivity contribution is 0.262. The molecule has 2 nitrogen and oxygen atoms in total. The van der Waals surface area contributed by atoms with Gasteiger partial charge in [-0.3, -0.25) is 0 Å². The molecule has 2 heteroatoms. The van der Waals surface area contributed by atoms with E-state index in [1.807, 2.05) is 47.6 Å². The molecule has 0 amide bonds. The summed E-state index contributed by atoms with van der Waals surface area (Å²) in [5, 5.41) is 7.39. The number of benzene rings is 1. The van der Waals surface area contributed by atoms with Crippen LogP contribution in [0, 0.1) is 18.8 Å². The highest BCUT2D eigenvalue weighted by molar-refractivity contribution is 5.34. The number of aryl methyl sites for hydroxylation is 1. The fraction of sp³-hybridized carbons (Fsp3) is 0.625. The van der Waals surface area contributed by atoms with Crippen LogP contribution in [-0.4, -0.2) is 19.6 Å². The number of hydrogen-bond donors (Lipinski definition) is 2. The molecule has 1 aliphatic rings. The van der Waals surface area contributed by atoms with Crippen LogP contribution in [0.5, 0.6) is 0 Å². The van der Waals surface area contributed by atoms with Gasteiger partial charge in [0.15, 0.2) is 0 Å². The average molecular weight is 471 g/mol. The number of allylic oxidation sites excluding steroid dienone is 3. The molecule has 0 heterocycles. The van der Waals surface area contributed by atoms with E-state index in [4.69, 9.17) is 0 Å². The van der Waals surface area contributed by atoms with Crippen molar-refractivity contribution < 1.29 is 0 Å². The Morgan fingerprint density at radius 2 is 1.41 bits per heavy atom. The molecule has 1 aliphatic carbocycles. The predicted molar refractivity (Wildman–Crippen MR) is 158 cm³/mol. The molecule has 0 unspecified atom stereocenters. The first kappa shape index (κ1) is 34.5. The maximum Gasteiger partial charge on any atom is 0.0208 e. The molecule has 2 rings (SSSR count). The molecule has 0 saturated heterocycles. The van der Waals surface area contributed by atoms with Crippen molar-refractivity contribution in [3.05, 3.63) is 71.3 Å². The van der Waals surface area contributed by atoms with E-state index in [0.29, 0.717) is 0 Å². The largest absolute Gasteiger partial charge is 0.312 e. The van der Waals surface area contributed by atoms with Crippen LogP contribution in [0.15, 0.2) is 60.2 Å². The van der Waals surface area contributed by atoms with Crippen LogP contribution in [0.2, 0.25) is 0 Å². The Balaban J connectivity index is 0. The lowest BCUT2D eigenvalue weighted by Crippen LogP contribution is -2.31. The fourth-order valence-corrected chi connectivity index (χ4v) is 4.31. The smallest absolute Gasteiger partial charge is 0.0208 e. The molecule has 0 spiro atoms. The minimum Gasteiger partial charge on any atom is -0.312 e. The van der Waals surface area contributed by atoms with E-state index in [9.17, 15) is 0 Å². The summed E-state index contributed by atoms with van der Waals surface area (Å²) >= 11 is 0. The highest BCUT2D eigenvalue weighted by atomic mass is 14.9. The quantitative estimate of drug-likeness (QED) is 0.315.